The molecule has 4 nitrogen and oxygen atoms in total. The molecule has 1 rings (SSSR count). The van der Waals surface area contributed by atoms with E-state index in [1.807, 2.05) is 0 Å². The van der Waals surface area contributed by atoms with Crippen molar-refractivity contribution in [2.45, 2.75) is 76.0 Å². The molecule has 0 radical (unpaired) electrons. The molecule has 1 fully saturated rings. The van der Waals surface area contributed by atoms with Crippen LogP contribution in [0.3, 0.4) is 0 Å². The summed E-state index contributed by atoms with van der Waals surface area (Å²) in [6.07, 6.45) is 10.3. The molecule has 0 unspecified atom stereocenters. The summed E-state index contributed by atoms with van der Waals surface area (Å²) in [4.78, 5) is 0. The number of hydrogen-bond donors (Lipinski definition) is 4. The van der Waals surface area contributed by atoms with E-state index in [4.69, 9.17) is 10.8 Å². The van der Waals surface area contributed by atoms with E-state index in [1.165, 1.54) is 38.5 Å². The van der Waals surface area contributed by atoms with Crippen molar-refractivity contribution >= 4 is 0 Å². The molecule has 0 amide bonds. The fraction of sp³-hybridized carbons (Fsp3) is 1.00. The maximum atomic E-state index is 9.77. The highest BCUT2D eigenvalue weighted by molar-refractivity contribution is 4.92. The van der Waals surface area contributed by atoms with E-state index in [9.17, 15) is 5.11 Å². The fourth-order valence-corrected chi connectivity index (χ4v) is 2.64. The molecule has 0 spiro atoms. The zero-order valence-electron chi connectivity index (χ0n) is 11.5. The maximum absolute atomic E-state index is 9.77. The van der Waals surface area contributed by atoms with E-state index >= 15 is 0 Å². The summed E-state index contributed by atoms with van der Waals surface area (Å²) in [5, 5.41) is 21.7. The van der Waals surface area contributed by atoms with Crippen LogP contribution < -0.4 is 11.1 Å². The van der Waals surface area contributed by atoms with Crippen molar-refractivity contribution in [2.75, 3.05) is 13.2 Å². The highest BCUT2D eigenvalue weighted by Gasteiger charge is 2.30. The highest BCUT2D eigenvalue weighted by atomic mass is 16.3. The van der Waals surface area contributed by atoms with Crippen molar-refractivity contribution < 1.29 is 10.2 Å². The van der Waals surface area contributed by atoms with Crippen molar-refractivity contribution in [3.05, 3.63) is 0 Å². The lowest BCUT2D eigenvalue weighted by Gasteiger charge is -2.16. The quantitative estimate of drug-likeness (QED) is 0.443. The standard InChI is InChI=1S/C14H30N2O2/c15-12-11-16-13(14(12)18)9-7-5-3-1-2-4-6-8-10-17/h12-14,16-18H,1-11,15H2/t12-,13+,14-/m0/s1. The van der Waals surface area contributed by atoms with Gasteiger partial charge >= 0.3 is 0 Å². The summed E-state index contributed by atoms with van der Waals surface area (Å²) in [6.45, 7) is 1.08. The third kappa shape index (κ3) is 6.14. The molecule has 0 aromatic carbocycles. The Morgan fingerprint density at radius 2 is 1.50 bits per heavy atom. The molecule has 0 bridgehead atoms. The summed E-state index contributed by atoms with van der Waals surface area (Å²) < 4.78 is 0. The molecule has 4 heteroatoms. The van der Waals surface area contributed by atoms with E-state index in [0.29, 0.717) is 6.61 Å². The van der Waals surface area contributed by atoms with Crippen LogP contribution >= 0.6 is 0 Å². The summed E-state index contributed by atoms with van der Waals surface area (Å²) >= 11 is 0. The van der Waals surface area contributed by atoms with Crippen LogP contribution in [0.1, 0.15) is 57.8 Å². The molecule has 1 aliphatic rings. The molecule has 0 aromatic rings. The number of nitrogens with one attached hydrogen (secondary N) is 1. The topological polar surface area (TPSA) is 78.5 Å². The summed E-state index contributed by atoms with van der Waals surface area (Å²) in [5.41, 5.74) is 5.75. The van der Waals surface area contributed by atoms with Crippen LogP contribution in [0.15, 0.2) is 0 Å². The minimum atomic E-state index is -0.358. The predicted octanol–water partition coefficient (Wildman–Crippen LogP) is 1.15. The molecule has 0 aliphatic carbocycles. The Hall–Kier alpha value is -0.160. The first kappa shape index (κ1) is 15.9. The molecular weight excluding hydrogens is 228 g/mol. The number of aliphatic hydroxyl groups excluding tert-OH is 2. The first-order valence-corrected chi connectivity index (χ1v) is 7.53. The molecule has 1 saturated heterocycles. The Balaban J connectivity index is 1.84. The summed E-state index contributed by atoms with van der Waals surface area (Å²) in [6, 6.07) is 0.131. The van der Waals surface area contributed by atoms with Crippen molar-refractivity contribution in [1.82, 2.24) is 5.32 Å². The summed E-state index contributed by atoms with van der Waals surface area (Å²) in [7, 11) is 0. The summed E-state index contributed by atoms with van der Waals surface area (Å²) in [5.74, 6) is 0. The van der Waals surface area contributed by atoms with Gasteiger partial charge in [0, 0.05) is 25.2 Å². The van der Waals surface area contributed by atoms with E-state index < -0.39 is 0 Å². The average molecular weight is 258 g/mol. The molecule has 0 aromatic heterocycles. The van der Waals surface area contributed by atoms with Crippen LogP contribution in [-0.2, 0) is 0 Å². The largest absolute Gasteiger partial charge is 0.396 e. The number of unbranched alkanes of at least 4 members (excludes halogenated alkanes) is 7. The van der Waals surface area contributed by atoms with Crippen molar-refractivity contribution in [3.8, 4) is 0 Å². The first-order chi connectivity index (χ1) is 8.75. The lowest BCUT2D eigenvalue weighted by Crippen LogP contribution is -2.37. The molecule has 0 saturated carbocycles. The van der Waals surface area contributed by atoms with Gasteiger partial charge in [0.15, 0.2) is 0 Å². The molecule has 3 atom stereocenters. The van der Waals surface area contributed by atoms with Gasteiger partial charge in [0.25, 0.3) is 0 Å². The van der Waals surface area contributed by atoms with Gasteiger partial charge in [-0.1, -0.05) is 44.9 Å². The van der Waals surface area contributed by atoms with E-state index in [1.54, 1.807) is 0 Å². The van der Waals surface area contributed by atoms with E-state index in [0.717, 1.165) is 25.8 Å². The number of rotatable bonds is 10. The lowest BCUT2D eigenvalue weighted by atomic mass is 10.0. The van der Waals surface area contributed by atoms with Crippen molar-refractivity contribution in [3.63, 3.8) is 0 Å². The Kier molecular flexibility index (Phi) is 8.59. The van der Waals surface area contributed by atoms with Gasteiger partial charge in [0.2, 0.25) is 0 Å². The Bertz CT molecular complexity index is 202. The van der Waals surface area contributed by atoms with Gasteiger partial charge in [-0.3, -0.25) is 0 Å². The van der Waals surface area contributed by atoms with E-state index in [2.05, 4.69) is 5.32 Å². The van der Waals surface area contributed by atoms with Crippen LogP contribution in [0.25, 0.3) is 0 Å². The highest BCUT2D eigenvalue weighted by Crippen LogP contribution is 2.15. The van der Waals surface area contributed by atoms with Gasteiger partial charge in [0.1, 0.15) is 0 Å². The molecule has 108 valence electrons. The third-order valence-corrected chi connectivity index (χ3v) is 3.89. The SMILES string of the molecule is N[C@H]1CN[C@H](CCCCCCCCCCO)[C@H]1O. The smallest absolute Gasteiger partial charge is 0.0856 e. The van der Waals surface area contributed by atoms with Crippen LogP contribution in [-0.4, -0.2) is 41.6 Å². The fourth-order valence-electron chi connectivity index (χ4n) is 2.64. The minimum Gasteiger partial charge on any atom is -0.396 e. The van der Waals surface area contributed by atoms with Gasteiger partial charge in [-0.2, -0.15) is 0 Å². The molecule has 1 heterocycles. The molecule has 18 heavy (non-hydrogen) atoms. The monoisotopic (exact) mass is 258 g/mol. The predicted molar refractivity (Wildman–Crippen MR) is 74.4 cm³/mol. The van der Waals surface area contributed by atoms with E-state index in [-0.39, 0.29) is 18.2 Å². The first-order valence-electron chi connectivity index (χ1n) is 7.53. The van der Waals surface area contributed by atoms with Gasteiger partial charge < -0.3 is 21.3 Å². The van der Waals surface area contributed by atoms with Gasteiger partial charge in [0.05, 0.1) is 6.10 Å². The van der Waals surface area contributed by atoms with Gasteiger partial charge in [-0.15, -0.1) is 0 Å². The lowest BCUT2D eigenvalue weighted by molar-refractivity contribution is 0.139. The number of nitrogens with two attached hydrogens (primary N) is 1. The second-order valence-corrected chi connectivity index (χ2v) is 5.51. The Morgan fingerprint density at radius 3 is 2.00 bits per heavy atom. The van der Waals surface area contributed by atoms with Crippen molar-refractivity contribution in [2.24, 2.45) is 5.73 Å². The Morgan fingerprint density at radius 1 is 0.944 bits per heavy atom. The van der Waals surface area contributed by atoms with Crippen LogP contribution in [0, 0.1) is 0 Å². The van der Waals surface area contributed by atoms with Crippen LogP contribution in [0.2, 0.25) is 0 Å². The third-order valence-electron chi connectivity index (χ3n) is 3.89. The van der Waals surface area contributed by atoms with Crippen molar-refractivity contribution in [1.29, 1.82) is 0 Å². The Labute approximate surface area is 111 Å². The minimum absolute atomic E-state index is 0.0819. The second kappa shape index (κ2) is 9.73. The average Bonchev–Trinajstić information content (AvgIpc) is 2.68. The zero-order chi connectivity index (χ0) is 13.2. The normalized spacial score (nSPS) is 27.8. The van der Waals surface area contributed by atoms with Gasteiger partial charge in [-0.05, 0) is 12.8 Å². The molecule has 5 N–H and O–H groups in total. The number of hydrogen-bond acceptors (Lipinski definition) is 4. The van der Waals surface area contributed by atoms with Crippen LogP contribution in [0.4, 0.5) is 0 Å². The molecular formula is C14H30N2O2. The van der Waals surface area contributed by atoms with Crippen LogP contribution in [0.5, 0.6) is 0 Å². The zero-order valence-corrected chi connectivity index (χ0v) is 11.5. The molecule has 1 aliphatic heterocycles. The number of aliphatic hydroxyl groups is 2. The second-order valence-electron chi connectivity index (χ2n) is 5.51. The van der Waals surface area contributed by atoms with Gasteiger partial charge in [-0.25, -0.2) is 0 Å². The maximum Gasteiger partial charge on any atom is 0.0856 e.